The fourth-order valence-electron chi connectivity index (χ4n) is 2.23. The van der Waals surface area contributed by atoms with E-state index in [0.29, 0.717) is 11.2 Å². The molecule has 0 unspecified atom stereocenters. The number of rotatable bonds is 5. The van der Waals surface area contributed by atoms with Crippen molar-refractivity contribution in [3.05, 3.63) is 65.6 Å². The van der Waals surface area contributed by atoms with Gasteiger partial charge in [-0.2, -0.15) is 23.7 Å². The van der Waals surface area contributed by atoms with Gasteiger partial charge < -0.3 is 5.32 Å². The maximum Gasteiger partial charge on any atom is 0.333 e. The molecule has 0 spiro atoms. The summed E-state index contributed by atoms with van der Waals surface area (Å²) in [5.41, 5.74) is 2.01. The van der Waals surface area contributed by atoms with Crippen LogP contribution in [0.25, 0.3) is 0 Å². The molecular weight excluding hydrogens is 316 g/mol. The number of halogens is 2. The van der Waals surface area contributed by atoms with Gasteiger partial charge in [0.1, 0.15) is 5.69 Å². The molecule has 1 amide bonds. The van der Waals surface area contributed by atoms with E-state index < -0.39 is 12.5 Å². The number of aryl methyl sites for hydroxylation is 1. The molecule has 0 fully saturated rings. The van der Waals surface area contributed by atoms with Crippen molar-refractivity contribution >= 4 is 11.7 Å². The summed E-state index contributed by atoms with van der Waals surface area (Å²) < 4.78 is 27.5. The first-order valence-electron chi connectivity index (χ1n) is 7.25. The Balaban J connectivity index is 1.68. The van der Waals surface area contributed by atoms with Gasteiger partial charge in [0.25, 0.3) is 5.91 Å². The summed E-state index contributed by atoms with van der Waals surface area (Å²) in [5, 5.41) is 10.1. The Bertz CT molecular complexity index is 838. The number of alkyl halides is 2. The van der Waals surface area contributed by atoms with Crippen molar-refractivity contribution in [2.75, 3.05) is 5.32 Å². The summed E-state index contributed by atoms with van der Waals surface area (Å²) in [7, 11) is 0. The van der Waals surface area contributed by atoms with E-state index in [-0.39, 0.29) is 11.5 Å². The number of aromatic nitrogens is 4. The van der Waals surface area contributed by atoms with Gasteiger partial charge in [-0.05, 0) is 18.6 Å². The van der Waals surface area contributed by atoms with Crippen LogP contribution in [-0.2, 0) is 6.54 Å². The Morgan fingerprint density at radius 3 is 2.67 bits per heavy atom. The quantitative estimate of drug-likeness (QED) is 0.781. The van der Waals surface area contributed by atoms with Crippen molar-refractivity contribution in [1.82, 2.24) is 19.6 Å². The fraction of sp³-hybridized carbons (Fsp3) is 0.188. The summed E-state index contributed by atoms with van der Waals surface area (Å²) in [5.74, 6) is -0.400. The first kappa shape index (κ1) is 15.9. The summed E-state index contributed by atoms with van der Waals surface area (Å²) >= 11 is 0. The van der Waals surface area contributed by atoms with Crippen molar-refractivity contribution in [3.63, 3.8) is 0 Å². The highest BCUT2D eigenvalue weighted by Crippen LogP contribution is 2.14. The van der Waals surface area contributed by atoms with Crippen molar-refractivity contribution < 1.29 is 13.6 Å². The summed E-state index contributed by atoms with van der Waals surface area (Å²) in [6.45, 7) is -0.319. The Kier molecular flexibility index (Phi) is 4.37. The molecule has 3 aromatic rings. The van der Waals surface area contributed by atoms with Gasteiger partial charge in [0, 0.05) is 18.5 Å². The smallest absolute Gasteiger partial charge is 0.304 e. The van der Waals surface area contributed by atoms with E-state index in [0.717, 1.165) is 11.8 Å². The van der Waals surface area contributed by atoms with E-state index >= 15 is 0 Å². The monoisotopic (exact) mass is 331 g/mol. The Morgan fingerprint density at radius 2 is 1.96 bits per heavy atom. The van der Waals surface area contributed by atoms with Gasteiger partial charge in [0.15, 0.2) is 5.82 Å². The number of amides is 1. The van der Waals surface area contributed by atoms with Crippen molar-refractivity contribution in [2.45, 2.75) is 20.0 Å². The Labute approximate surface area is 136 Å². The largest absolute Gasteiger partial charge is 0.333 e. The van der Waals surface area contributed by atoms with Crippen LogP contribution >= 0.6 is 0 Å². The third-order valence-electron chi connectivity index (χ3n) is 3.44. The highest BCUT2D eigenvalue weighted by atomic mass is 19.3. The minimum Gasteiger partial charge on any atom is -0.304 e. The molecule has 1 aromatic carbocycles. The molecule has 1 N–H and O–H groups in total. The minimum absolute atomic E-state index is 0.224. The van der Waals surface area contributed by atoms with E-state index in [4.69, 9.17) is 0 Å². The molecule has 2 heterocycles. The molecule has 0 aliphatic rings. The molecule has 24 heavy (non-hydrogen) atoms. The number of nitrogens with one attached hydrogen (secondary N) is 1. The second kappa shape index (κ2) is 6.61. The zero-order chi connectivity index (χ0) is 17.1. The van der Waals surface area contributed by atoms with Crippen molar-refractivity contribution in [3.8, 4) is 0 Å². The van der Waals surface area contributed by atoms with Gasteiger partial charge in [-0.25, -0.2) is 0 Å². The number of hydrogen-bond donors (Lipinski definition) is 1. The van der Waals surface area contributed by atoms with Crippen LogP contribution in [0.15, 0.2) is 48.8 Å². The molecule has 3 rings (SSSR count). The van der Waals surface area contributed by atoms with E-state index in [2.05, 4.69) is 15.5 Å². The van der Waals surface area contributed by atoms with Crippen LogP contribution in [0, 0.1) is 6.92 Å². The molecule has 8 heteroatoms. The van der Waals surface area contributed by atoms with E-state index in [9.17, 15) is 13.6 Å². The highest BCUT2D eigenvalue weighted by molar-refractivity contribution is 6.02. The lowest BCUT2D eigenvalue weighted by Gasteiger charge is -2.06. The number of anilines is 1. The van der Waals surface area contributed by atoms with Gasteiger partial charge in [0.2, 0.25) is 0 Å². The SMILES string of the molecule is Cc1ccc(Cn2ccc(NC(=O)c3ccnn3C(F)F)n2)cc1. The van der Waals surface area contributed by atoms with E-state index in [1.54, 1.807) is 16.9 Å². The average Bonchev–Trinajstić information content (AvgIpc) is 3.19. The number of carbonyl (C=O) groups excluding carboxylic acids is 1. The normalized spacial score (nSPS) is 11.0. The molecule has 0 aliphatic heterocycles. The number of nitrogens with zero attached hydrogens (tertiary/aromatic N) is 4. The van der Waals surface area contributed by atoms with Crippen LogP contribution in [0.1, 0.15) is 28.2 Å². The highest BCUT2D eigenvalue weighted by Gasteiger charge is 2.18. The fourth-order valence-corrected chi connectivity index (χ4v) is 2.23. The average molecular weight is 331 g/mol. The standard InChI is InChI=1S/C16H15F2N5O/c1-11-2-4-12(5-3-11)10-22-9-7-14(21-22)20-15(24)13-6-8-19-23(13)16(17)18/h2-9,16H,10H2,1H3,(H,20,21,24). The molecule has 0 bridgehead atoms. The second-order valence-corrected chi connectivity index (χ2v) is 5.28. The van der Waals surface area contributed by atoms with Crippen molar-refractivity contribution in [1.29, 1.82) is 0 Å². The van der Waals surface area contributed by atoms with Gasteiger partial charge >= 0.3 is 6.55 Å². The van der Waals surface area contributed by atoms with Crippen LogP contribution in [0.4, 0.5) is 14.6 Å². The first-order chi connectivity index (χ1) is 11.5. The Morgan fingerprint density at radius 1 is 1.21 bits per heavy atom. The van der Waals surface area contributed by atoms with Crippen LogP contribution in [0.2, 0.25) is 0 Å². The molecule has 0 saturated carbocycles. The second-order valence-electron chi connectivity index (χ2n) is 5.28. The lowest BCUT2D eigenvalue weighted by atomic mass is 10.1. The number of hydrogen-bond acceptors (Lipinski definition) is 3. The summed E-state index contributed by atoms with van der Waals surface area (Å²) in [6.07, 6.45) is 2.86. The number of carbonyl (C=O) groups is 1. The topological polar surface area (TPSA) is 64.7 Å². The van der Waals surface area contributed by atoms with E-state index in [1.807, 2.05) is 31.2 Å². The van der Waals surface area contributed by atoms with Gasteiger partial charge in [0.05, 0.1) is 6.54 Å². The Hall–Kier alpha value is -3.03. The summed E-state index contributed by atoms with van der Waals surface area (Å²) in [4.78, 5) is 12.1. The lowest BCUT2D eigenvalue weighted by molar-refractivity contribution is 0.0520. The van der Waals surface area contributed by atoms with Gasteiger partial charge in [-0.15, -0.1) is 0 Å². The molecule has 0 aliphatic carbocycles. The molecule has 0 radical (unpaired) electrons. The maximum absolute atomic E-state index is 12.7. The molecule has 0 saturated heterocycles. The minimum atomic E-state index is -2.88. The predicted octanol–water partition coefficient (Wildman–Crippen LogP) is 3.08. The van der Waals surface area contributed by atoms with Gasteiger partial charge in [-0.1, -0.05) is 29.8 Å². The molecule has 2 aromatic heterocycles. The zero-order valence-electron chi connectivity index (χ0n) is 12.9. The molecule has 124 valence electrons. The maximum atomic E-state index is 12.7. The lowest BCUT2D eigenvalue weighted by Crippen LogP contribution is -2.18. The third kappa shape index (κ3) is 3.48. The van der Waals surface area contributed by atoms with Crippen molar-refractivity contribution in [2.24, 2.45) is 0 Å². The molecule has 0 atom stereocenters. The molecular formula is C16H15F2N5O. The first-order valence-corrected chi connectivity index (χ1v) is 7.25. The van der Waals surface area contributed by atoms with Crippen LogP contribution in [0.3, 0.4) is 0 Å². The number of benzene rings is 1. The summed E-state index contributed by atoms with van der Waals surface area (Å²) in [6, 6.07) is 10.8. The van der Waals surface area contributed by atoms with Crippen LogP contribution < -0.4 is 5.32 Å². The predicted molar refractivity (Wildman–Crippen MR) is 83.9 cm³/mol. The van der Waals surface area contributed by atoms with Gasteiger partial charge in [-0.3, -0.25) is 9.48 Å². The third-order valence-corrected chi connectivity index (χ3v) is 3.44. The van der Waals surface area contributed by atoms with Crippen LogP contribution in [-0.4, -0.2) is 25.5 Å². The molecule has 6 nitrogen and oxygen atoms in total. The van der Waals surface area contributed by atoms with E-state index in [1.165, 1.54) is 11.6 Å². The zero-order valence-corrected chi connectivity index (χ0v) is 12.9. The van der Waals surface area contributed by atoms with Crippen LogP contribution in [0.5, 0.6) is 0 Å².